The topological polar surface area (TPSA) is 138 Å². The van der Waals surface area contributed by atoms with Crippen LogP contribution in [-0.2, 0) is 10.0 Å². The summed E-state index contributed by atoms with van der Waals surface area (Å²) in [4.78, 5) is 25.8. The first-order chi connectivity index (χ1) is 19.5. The van der Waals surface area contributed by atoms with E-state index in [-0.39, 0.29) is 33.7 Å². The van der Waals surface area contributed by atoms with Gasteiger partial charge in [-0.15, -0.1) is 0 Å². The molecule has 1 amide bonds. The van der Waals surface area contributed by atoms with Gasteiger partial charge in [0.15, 0.2) is 5.82 Å². The van der Waals surface area contributed by atoms with Gasteiger partial charge in [0.25, 0.3) is 5.91 Å². The molecular formula is C28H30ClN7O4S. The Kier molecular flexibility index (Phi) is 9.06. The number of hydrogen-bond donors (Lipinski definition) is 3. The maximum Gasteiger partial charge on any atom is 0.251 e. The molecule has 2 heterocycles. The molecule has 0 spiro atoms. The van der Waals surface area contributed by atoms with E-state index in [0.29, 0.717) is 28.3 Å². The van der Waals surface area contributed by atoms with Crippen LogP contribution in [0.25, 0.3) is 11.1 Å². The largest absolute Gasteiger partial charge is 0.489 e. The van der Waals surface area contributed by atoms with Gasteiger partial charge >= 0.3 is 0 Å². The summed E-state index contributed by atoms with van der Waals surface area (Å²) in [5.41, 5.74) is 2.58. The quantitative estimate of drug-likeness (QED) is 0.229. The van der Waals surface area contributed by atoms with Gasteiger partial charge in [0.1, 0.15) is 15.7 Å². The van der Waals surface area contributed by atoms with Gasteiger partial charge < -0.3 is 20.7 Å². The van der Waals surface area contributed by atoms with Gasteiger partial charge in [0.05, 0.1) is 23.7 Å². The first-order valence-electron chi connectivity index (χ1n) is 12.6. The highest BCUT2D eigenvalue weighted by molar-refractivity contribution is 7.89. The average Bonchev–Trinajstić information content (AvgIpc) is 2.95. The zero-order valence-electron chi connectivity index (χ0n) is 23.1. The molecule has 13 heteroatoms. The van der Waals surface area contributed by atoms with E-state index in [1.165, 1.54) is 26.4 Å². The van der Waals surface area contributed by atoms with Gasteiger partial charge in [0.2, 0.25) is 16.0 Å². The van der Waals surface area contributed by atoms with Crippen LogP contribution < -0.4 is 20.7 Å². The lowest BCUT2D eigenvalue weighted by Gasteiger charge is -2.19. The number of halogens is 1. The van der Waals surface area contributed by atoms with Gasteiger partial charge in [-0.2, -0.15) is 4.98 Å². The summed E-state index contributed by atoms with van der Waals surface area (Å²) in [6.07, 6.45) is 4.51. The molecular weight excluding hydrogens is 566 g/mol. The molecule has 0 unspecified atom stereocenters. The molecule has 0 atom stereocenters. The fourth-order valence-electron chi connectivity index (χ4n) is 3.88. The molecule has 11 nitrogen and oxygen atoms in total. The van der Waals surface area contributed by atoms with Crippen LogP contribution in [0, 0.1) is 0 Å². The Balaban J connectivity index is 1.77. The Morgan fingerprint density at radius 1 is 1.02 bits per heavy atom. The Labute approximate surface area is 244 Å². The standard InChI is InChI=1S/C28H30ClN7O4S/c1-17(2)40-24-15-19(18-10-12-31-13-11-18)20(27(37)30-3)14-23(24)34-28-32-16-21(29)26(35-28)33-22-8-6-7-9-25(22)41(38,39)36(4)5/h6-17H,1-5H3,(H,30,37)(H2,32,33,34,35). The molecule has 0 aliphatic carbocycles. The highest BCUT2D eigenvalue weighted by Gasteiger charge is 2.22. The predicted molar refractivity (Wildman–Crippen MR) is 160 cm³/mol. The van der Waals surface area contributed by atoms with E-state index >= 15 is 0 Å². The van der Waals surface area contributed by atoms with Gasteiger partial charge in [-0.05, 0) is 61.4 Å². The van der Waals surface area contributed by atoms with Crippen LogP contribution in [0.15, 0.2) is 72.0 Å². The minimum atomic E-state index is -3.75. The minimum Gasteiger partial charge on any atom is -0.489 e. The monoisotopic (exact) mass is 595 g/mol. The highest BCUT2D eigenvalue weighted by atomic mass is 35.5. The minimum absolute atomic E-state index is 0.0590. The number of pyridine rings is 1. The van der Waals surface area contributed by atoms with Crippen LogP contribution in [0.1, 0.15) is 24.2 Å². The molecule has 0 fully saturated rings. The van der Waals surface area contributed by atoms with Crippen molar-refractivity contribution in [1.29, 1.82) is 0 Å². The Morgan fingerprint density at radius 3 is 2.39 bits per heavy atom. The second kappa shape index (κ2) is 12.5. The van der Waals surface area contributed by atoms with Gasteiger partial charge in [-0.25, -0.2) is 17.7 Å². The molecule has 0 saturated heterocycles. The third kappa shape index (κ3) is 6.73. The summed E-state index contributed by atoms with van der Waals surface area (Å²) in [6.45, 7) is 3.78. The van der Waals surface area contributed by atoms with Gasteiger partial charge in [-0.3, -0.25) is 9.78 Å². The lowest BCUT2D eigenvalue weighted by atomic mass is 9.98. The maximum atomic E-state index is 12.9. The fourth-order valence-corrected chi connectivity index (χ4v) is 5.06. The molecule has 2 aromatic carbocycles. The average molecular weight is 596 g/mol. The molecule has 4 aromatic rings. The number of carbonyl (C=O) groups excluding carboxylic acids is 1. The van der Waals surface area contributed by atoms with E-state index in [0.717, 1.165) is 9.87 Å². The normalized spacial score (nSPS) is 11.4. The zero-order chi connectivity index (χ0) is 29.7. The number of para-hydroxylation sites is 1. The molecule has 0 aliphatic heterocycles. The van der Waals surface area contributed by atoms with Crippen LogP contribution in [0.4, 0.5) is 23.1 Å². The van der Waals surface area contributed by atoms with Crippen LogP contribution in [0.5, 0.6) is 5.75 Å². The molecule has 4 rings (SSSR count). The molecule has 0 saturated carbocycles. The Hall–Kier alpha value is -4.26. The number of ether oxygens (including phenoxy) is 1. The smallest absolute Gasteiger partial charge is 0.251 e. The summed E-state index contributed by atoms with van der Waals surface area (Å²) in [5, 5.41) is 8.99. The van der Waals surface area contributed by atoms with Gasteiger partial charge in [0, 0.05) is 39.1 Å². The number of benzene rings is 2. The van der Waals surface area contributed by atoms with Crippen LogP contribution in [-0.4, -0.2) is 60.8 Å². The SMILES string of the molecule is CNC(=O)c1cc(Nc2ncc(Cl)c(Nc3ccccc3S(=O)(=O)N(C)C)n2)c(OC(C)C)cc1-c1ccncc1. The van der Waals surface area contributed by atoms with Crippen molar-refractivity contribution in [3.63, 3.8) is 0 Å². The number of hydrogen-bond acceptors (Lipinski definition) is 9. The molecule has 3 N–H and O–H groups in total. The number of nitrogens with zero attached hydrogens (tertiary/aromatic N) is 4. The third-order valence-corrected chi connectivity index (χ3v) is 7.98. The first-order valence-corrected chi connectivity index (χ1v) is 14.4. The molecule has 0 radical (unpaired) electrons. The third-order valence-electron chi connectivity index (χ3n) is 5.83. The predicted octanol–water partition coefficient (Wildman–Crippen LogP) is 5.08. The molecule has 0 aliphatic rings. The van der Waals surface area contributed by atoms with E-state index in [9.17, 15) is 13.2 Å². The lowest BCUT2D eigenvalue weighted by molar-refractivity contribution is 0.0963. The maximum absolute atomic E-state index is 12.9. The summed E-state index contributed by atoms with van der Waals surface area (Å²) >= 11 is 6.39. The summed E-state index contributed by atoms with van der Waals surface area (Å²) in [7, 11) is 0.714. The first kappa shape index (κ1) is 29.7. The van der Waals surface area contributed by atoms with E-state index in [1.807, 2.05) is 26.0 Å². The van der Waals surface area contributed by atoms with Crippen LogP contribution in [0.3, 0.4) is 0 Å². The van der Waals surface area contributed by atoms with Crippen molar-refractivity contribution in [2.75, 3.05) is 31.8 Å². The Morgan fingerprint density at radius 2 is 1.73 bits per heavy atom. The van der Waals surface area contributed by atoms with E-state index in [1.54, 1.807) is 49.8 Å². The fraction of sp³-hybridized carbons (Fsp3) is 0.214. The number of amides is 1. The van der Waals surface area contributed by atoms with Crippen LogP contribution in [0.2, 0.25) is 5.02 Å². The second-order valence-corrected chi connectivity index (χ2v) is 11.8. The molecule has 41 heavy (non-hydrogen) atoms. The molecule has 214 valence electrons. The zero-order valence-corrected chi connectivity index (χ0v) is 24.7. The lowest BCUT2D eigenvalue weighted by Crippen LogP contribution is -2.23. The van der Waals surface area contributed by atoms with Crippen LogP contribution >= 0.6 is 11.6 Å². The number of nitrogens with one attached hydrogen (secondary N) is 3. The second-order valence-electron chi connectivity index (χ2n) is 9.30. The van der Waals surface area contributed by atoms with Crippen molar-refractivity contribution in [3.8, 4) is 16.9 Å². The molecule has 2 aromatic heterocycles. The van der Waals surface area contributed by atoms with Crippen molar-refractivity contribution in [1.82, 2.24) is 24.6 Å². The van der Waals surface area contributed by atoms with E-state index in [4.69, 9.17) is 16.3 Å². The molecule has 0 bridgehead atoms. The highest BCUT2D eigenvalue weighted by Crippen LogP contribution is 2.37. The Bertz CT molecular complexity index is 1670. The van der Waals surface area contributed by atoms with Crippen molar-refractivity contribution < 1.29 is 17.9 Å². The number of rotatable bonds is 10. The number of carbonyl (C=O) groups is 1. The van der Waals surface area contributed by atoms with E-state index in [2.05, 4.69) is 30.9 Å². The number of aromatic nitrogens is 3. The summed E-state index contributed by atoms with van der Waals surface area (Å²) < 4.78 is 32.9. The van der Waals surface area contributed by atoms with Gasteiger partial charge in [-0.1, -0.05) is 23.7 Å². The summed E-state index contributed by atoms with van der Waals surface area (Å²) in [6, 6.07) is 13.5. The number of anilines is 4. The number of sulfonamides is 1. The summed E-state index contributed by atoms with van der Waals surface area (Å²) in [5.74, 6) is 0.485. The van der Waals surface area contributed by atoms with Crippen molar-refractivity contribution in [2.24, 2.45) is 0 Å². The van der Waals surface area contributed by atoms with E-state index < -0.39 is 10.0 Å². The van der Waals surface area contributed by atoms with Crippen molar-refractivity contribution in [2.45, 2.75) is 24.8 Å². The van der Waals surface area contributed by atoms with Crippen molar-refractivity contribution >= 4 is 50.7 Å². The van der Waals surface area contributed by atoms with Crippen molar-refractivity contribution in [3.05, 3.63) is 77.7 Å².